The largest absolute Gasteiger partial charge is 0.372 e. The van der Waals surface area contributed by atoms with Gasteiger partial charge in [0.1, 0.15) is 6.10 Å². The van der Waals surface area contributed by atoms with Gasteiger partial charge in [0, 0.05) is 19.9 Å². The summed E-state index contributed by atoms with van der Waals surface area (Å²) in [5.74, 6) is 0.467. The van der Waals surface area contributed by atoms with Crippen LogP contribution in [0.15, 0.2) is 12.3 Å². The van der Waals surface area contributed by atoms with E-state index in [0.29, 0.717) is 5.92 Å². The van der Waals surface area contributed by atoms with Crippen molar-refractivity contribution >= 4 is 0 Å². The van der Waals surface area contributed by atoms with Crippen LogP contribution in [-0.4, -0.2) is 16.4 Å². The Morgan fingerprint density at radius 3 is 2.33 bits per heavy atom. The van der Waals surface area contributed by atoms with Gasteiger partial charge in [-0.25, -0.2) is 0 Å². The number of rotatable bonds is 4. The van der Waals surface area contributed by atoms with Crippen LogP contribution >= 0.6 is 0 Å². The molecule has 3 heteroatoms. The van der Waals surface area contributed by atoms with Crippen molar-refractivity contribution in [2.75, 3.05) is 6.61 Å². The first-order valence-electron chi connectivity index (χ1n) is 5.76. The Labute approximate surface area is 93.4 Å². The van der Waals surface area contributed by atoms with Crippen molar-refractivity contribution in [1.82, 2.24) is 9.78 Å². The average molecular weight is 212 g/mol. The lowest BCUT2D eigenvalue weighted by molar-refractivity contribution is 0.0261. The fraction of sp³-hybridized carbons (Fsp3) is 0.750. The molecule has 1 unspecified atom stereocenters. The molecule has 0 saturated heterocycles. The van der Waals surface area contributed by atoms with E-state index in [1.807, 2.05) is 44.8 Å². The Morgan fingerprint density at radius 2 is 2.00 bits per heavy atom. The molecule has 1 atom stereocenters. The summed E-state index contributed by atoms with van der Waals surface area (Å²) in [6.45, 7) is 11.0. The van der Waals surface area contributed by atoms with Crippen molar-refractivity contribution in [3.05, 3.63) is 18.0 Å². The van der Waals surface area contributed by atoms with Crippen molar-refractivity contribution in [3.8, 4) is 0 Å². The fourth-order valence-electron chi connectivity index (χ4n) is 1.38. The molecule has 0 radical (unpaired) electrons. The minimum absolute atomic E-state index is 0.131. The molecule has 0 bridgehead atoms. The van der Waals surface area contributed by atoms with E-state index < -0.39 is 0 Å². The fourth-order valence-corrected chi connectivity index (χ4v) is 1.38. The van der Waals surface area contributed by atoms with Gasteiger partial charge < -0.3 is 4.74 Å². The summed E-state index contributed by atoms with van der Waals surface area (Å²) in [4.78, 5) is 0. The second-order valence-corrected chi connectivity index (χ2v) is 3.53. The zero-order valence-corrected chi connectivity index (χ0v) is 10.8. The summed E-state index contributed by atoms with van der Waals surface area (Å²) in [7, 11) is 1.92. The first-order chi connectivity index (χ1) is 7.15. The van der Waals surface area contributed by atoms with Crippen LogP contribution in [-0.2, 0) is 11.8 Å². The topological polar surface area (TPSA) is 27.1 Å². The van der Waals surface area contributed by atoms with Crippen LogP contribution in [0.25, 0.3) is 0 Å². The predicted molar refractivity (Wildman–Crippen MR) is 63.8 cm³/mol. The number of nitrogens with zero attached hydrogens (tertiary/aromatic N) is 2. The number of aromatic nitrogens is 2. The maximum atomic E-state index is 5.63. The summed E-state index contributed by atoms with van der Waals surface area (Å²) in [6, 6.07) is 2.01. The van der Waals surface area contributed by atoms with E-state index >= 15 is 0 Å². The van der Waals surface area contributed by atoms with Crippen LogP contribution in [0.2, 0.25) is 0 Å². The van der Waals surface area contributed by atoms with Gasteiger partial charge in [-0.1, -0.05) is 27.7 Å². The molecule has 1 rings (SSSR count). The molecular formula is C12H24N2O. The summed E-state index contributed by atoms with van der Waals surface area (Å²) < 4.78 is 7.44. The van der Waals surface area contributed by atoms with E-state index in [1.54, 1.807) is 0 Å². The van der Waals surface area contributed by atoms with Crippen LogP contribution in [0.5, 0.6) is 0 Å². The Kier molecular flexibility index (Phi) is 7.05. The van der Waals surface area contributed by atoms with Crippen molar-refractivity contribution in [3.63, 3.8) is 0 Å². The zero-order chi connectivity index (χ0) is 11.8. The SMILES string of the molecule is CC.CCOC(c1ccn(C)n1)C(C)C. The lowest BCUT2D eigenvalue weighted by Gasteiger charge is -2.18. The number of aryl methyl sites for hydroxylation is 1. The first kappa shape index (κ1) is 14.2. The smallest absolute Gasteiger partial charge is 0.104 e. The number of hydrogen-bond donors (Lipinski definition) is 0. The first-order valence-corrected chi connectivity index (χ1v) is 5.76. The zero-order valence-electron chi connectivity index (χ0n) is 10.8. The Balaban J connectivity index is 0.000000921. The average Bonchev–Trinajstić information content (AvgIpc) is 2.63. The standard InChI is InChI=1S/C10H18N2O.C2H6/c1-5-13-10(8(2)3)9-6-7-12(4)11-9;1-2/h6-8,10H,5H2,1-4H3;1-2H3. The molecule has 1 aromatic heterocycles. The van der Waals surface area contributed by atoms with Gasteiger partial charge in [0.2, 0.25) is 0 Å². The predicted octanol–water partition coefficient (Wildman–Crippen LogP) is 3.18. The van der Waals surface area contributed by atoms with Crippen molar-refractivity contribution in [2.45, 2.75) is 40.7 Å². The highest BCUT2D eigenvalue weighted by Gasteiger charge is 2.17. The van der Waals surface area contributed by atoms with E-state index in [9.17, 15) is 0 Å². The lowest BCUT2D eigenvalue weighted by atomic mass is 10.0. The monoisotopic (exact) mass is 212 g/mol. The van der Waals surface area contributed by atoms with E-state index in [2.05, 4.69) is 18.9 Å². The molecular weight excluding hydrogens is 188 g/mol. The minimum atomic E-state index is 0.131. The van der Waals surface area contributed by atoms with E-state index in [0.717, 1.165) is 12.3 Å². The maximum Gasteiger partial charge on any atom is 0.104 e. The Hall–Kier alpha value is -0.830. The van der Waals surface area contributed by atoms with Crippen LogP contribution in [0.4, 0.5) is 0 Å². The Morgan fingerprint density at radius 1 is 1.40 bits per heavy atom. The molecule has 0 aromatic carbocycles. The van der Waals surface area contributed by atoms with Gasteiger partial charge >= 0.3 is 0 Å². The summed E-state index contributed by atoms with van der Waals surface area (Å²) in [6.07, 6.45) is 2.08. The Bertz CT molecular complexity index is 256. The highest BCUT2D eigenvalue weighted by molar-refractivity contribution is 5.03. The molecule has 0 aliphatic carbocycles. The third-order valence-electron chi connectivity index (χ3n) is 1.98. The van der Waals surface area contributed by atoms with Gasteiger partial charge in [-0.3, -0.25) is 4.68 Å². The third-order valence-corrected chi connectivity index (χ3v) is 1.98. The highest BCUT2D eigenvalue weighted by atomic mass is 16.5. The molecule has 0 aliphatic heterocycles. The molecule has 88 valence electrons. The lowest BCUT2D eigenvalue weighted by Crippen LogP contribution is -2.12. The molecule has 0 amide bonds. The summed E-state index contributed by atoms with van der Waals surface area (Å²) in [5.41, 5.74) is 1.03. The van der Waals surface area contributed by atoms with E-state index in [4.69, 9.17) is 4.74 Å². The normalized spacial score (nSPS) is 12.2. The molecule has 0 spiro atoms. The van der Waals surface area contributed by atoms with Gasteiger partial charge in [-0.2, -0.15) is 5.10 Å². The highest BCUT2D eigenvalue weighted by Crippen LogP contribution is 2.23. The molecule has 3 nitrogen and oxygen atoms in total. The van der Waals surface area contributed by atoms with Gasteiger partial charge in [-0.15, -0.1) is 0 Å². The molecule has 1 aromatic rings. The van der Waals surface area contributed by atoms with Crippen LogP contribution in [0.1, 0.15) is 46.4 Å². The molecule has 0 aliphatic rings. The van der Waals surface area contributed by atoms with Crippen LogP contribution in [0.3, 0.4) is 0 Å². The van der Waals surface area contributed by atoms with E-state index in [1.165, 1.54) is 0 Å². The van der Waals surface area contributed by atoms with Gasteiger partial charge in [-0.05, 0) is 18.9 Å². The van der Waals surface area contributed by atoms with Gasteiger partial charge in [0.15, 0.2) is 0 Å². The van der Waals surface area contributed by atoms with Gasteiger partial charge in [0.25, 0.3) is 0 Å². The van der Waals surface area contributed by atoms with Crippen molar-refractivity contribution in [1.29, 1.82) is 0 Å². The quantitative estimate of drug-likeness (QED) is 0.766. The van der Waals surface area contributed by atoms with Crippen molar-refractivity contribution < 1.29 is 4.74 Å². The molecule has 15 heavy (non-hydrogen) atoms. The molecule has 0 fully saturated rings. The number of hydrogen-bond acceptors (Lipinski definition) is 2. The number of ether oxygens (including phenoxy) is 1. The third kappa shape index (κ3) is 4.47. The minimum Gasteiger partial charge on any atom is -0.372 e. The van der Waals surface area contributed by atoms with Crippen molar-refractivity contribution in [2.24, 2.45) is 13.0 Å². The molecule has 0 saturated carbocycles. The maximum absolute atomic E-state index is 5.63. The molecule has 0 N–H and O–H groups in total. The van der Waals surface area contributed by atoms with E-state index in [-0.39, 0.29) is 6.10 Å². The second kappa shape index (κ2) is 7.46. The molecule has 1 heterocycles. The van der Waals surface area contributed by atoms with Crippen LogP contribution in [0, 0.1) is 5.92 Å². The summed E-state index contributed by atoms with van der Waals surface area (Å²) in [5, 5.41) is 4.34. The van der Waals surface area contributed by atoms with Crippen LogP contribution < -0.4 is 0 Å². The van der Waals surface area contributed by atoms with Gasteiger partial charge in [0.05, 0.1) is 5.69 Å². The second-order valence-electron chi connectivity index (χ2n) is 3.53. The summed E-state index contributed by atoms with van der Waals surface area (Å²) >= 11 is 0.